The van der Waals surface area contributed by atoms with E-state index in [0.29, 0.717) is 24.5 Å². The average molecular weight is 439 g/mol. The molecule has 0 aliphatic carbocycles. The zero-order chi connectivity index (χ0) is 21.7. The average Bonchev–Trinajstić information content (AvgIpc) is 3.27. The summed E-state index contributed by atoms with van der Waals surface area (Å²) in [6.07, 6.45) is 5.31. The highest BCUT2D eigenvalue weighted by Crippen LogP contribution is 2.23. The first-order valence-corrected chi connectivity index (χ1v) is 11.9. The standard InChI is InChI=1S/C23H26N4O3S/c28-23(15-20-17-25-27(18-20)21-7-3-1-4-8-21)24-16-19-11-13-26(14-12-19)31(29,30)22-9-5-2-6-10-22/h1-10,17-19H,11-16H2,(H,24,28). The molecule has 162 valence electrons. The van der Waals surface area contributed by atoms with Crippen LogP contribution in [0, 0.1) is 5.92 Å². The van der Waals surface area contributed by atoms with E-state index in [1.165, 1.54) is 0 Å². The van der Waals surface area contributed by atoms with E-state index in [-0.39, 0.29) is 18.2 Å². The zero-order valence-electron chi connectivity index (χ0n) is 17.2. The summed E-state index contributed by atoms with van der Waals surface area (Å²) in [7, 11) is -3.44. The number of nitrogens with zero attached hydrogens (tertiary/aromatic N) is 3. The molecule has 2 aromatic carbocycles. The van der Waals surface area contributed by atoms with Crippen LogP contribution in [-0.2, 0) is 21.2 Å². The fourth-order valence-electron chi connectivity index (χ4n) is 3.77. The number of sulfonamides is 1. The van der Waals surface area contributed by atoms with Gasteiger partial charge < -0.3 is 5.32 Å². The number of hydrogen-bond donors (Lipinski definition) is 1. The predicted octanol–water partition coefficient (Wildman–Crippen LogP) is 2.63. The van der Waals surface area contributed by atoms with Gasteiger partial charge in [-0.1, -0.05) is 36.4 Å². The molecule has 7 nitrogen and oxygen atoms in total. The number of nitrogens with one attached hydrogen (secondary N) is 1. The van der Waals surface area contributed by atoms with Crippen molar-refractivity contribution in [1.29, 1.82) is 0 Å². The number of carbonyl (C=O) groups excluding carboxylic acids is 1. The molecule has 1 aromatic heterocycles. The van der Waals surface area contributed by atoms with Crippen LogP contribution in [0.5, 0.6) is 0 Å². The van der Waals surface area contributed by atoms with Gasteiger partial charge in [0.2, 0.25) is 15.9 Å². The SMILES string of the molecule is O=C(Cc1cnn(-c2ccccc2)c1)NCC1CCN(S(=O)(=O)c2ccccc2)CC1. The highest BCUT2D eigenvalue weighted by molar-refractivity contribution is 7.89. The maximum atomic E-state index is 12.7. The highest BCUT2D eigenvalue weighted by Gasteiger charge is 2.29. The van der Waals surface area contributed by atoms with Gasteiger partial charge in [0.1, 0.15) is 0 Å². The first-order chi connectivity index (χ1) is 15.0. The van der Waals surface area contributed by atoms with Gasteiger partial charge >= 0.3 is 0 Å². The Bertz CT molecular complexity index is 1110. The van der Waals surface area contributed by atoms with E-state index in [4.69, 9.17) is 0 Å². The summed E-state index contributed by atoms with van der Waals surface area (Å²) in [6.45, 7) is 1.51. The van der Waals surface area contributed by atoms with Crippen LogP contribution in [0.15, 0.2) is 78.0 Å². The lowest BCUT2D eigenvalue weighted by atomic mass is 9.98. The van der Waals surface area contributed by atoms with Gasteiger partial charge in [0.15, 0.2) is 0 Å². The van der Waals surface area contributed by atoms with Crippen molar-refractivity contribution in [3.05, 3.63) is 78.6 Å². The molecule has 8 heteroatoms. The van der Waals surface area contributed by atoms with Crippen LogP contribution in [0.4, 0.5) is 0 Å². The second kappa shape index (κ2) is 9.45. The molecule has 1 fully saturated rings. The lowest BCUT2D eigenvalue weighted by molar-refractivity contribution is -0.120. The summed E-state index contributed by atoms with van der Waals surface area (Å²) in [5.74, 6) is 0.227. The minimum Gasteiger partial charge on any atom is -0.356 e. The van der Waals surface area contributed by atoms with E-state index in [2.05, 4.69) is 10.4 Å². The summed E-state index contributed by atoms with van der Waals surface area (Å²) in [5, 5.41) is 7.31. The van der Waals surface area contributed by atoms with Crippen molar-refractivity contribution < 1.29 is 13.2 Å². The molecule has 3 aromatic rings. The maximum absolute atomic E-state index is 12.7. The van der Waals surface area contributed by atoms with Gasteiger partial charge in [-0.15, -0.1) is 0 Å². The van der Waals surface area contributed by atoms with Gasteiger partial charge in [0.25, 0.3) is 0 Å². The van der Waals surface area contributed by atoms with E-state index >= 15 is 0 Å². The third-order valence-corrected chi connectivity index (χ3v) is 7.48. The van der Waals surface area contributed by atoms with Gasteiger partial charge in [-0.05, 0) is 48.6 Å². The van der Waals surface area contributed by atoms with Gasteiger partial charge in [-0.25, -0.2) is 13.1 Å². The monoisotopic (exact) mass is 438 g/mol. The zero-order valence-corrected chi connectivity index (χ0v) is 18.0. The van der Waals surface area contributed by atoms with Crippen molar-refractivity contribution in [3.63, 3.8) is 0 Å². The smallest absolute Gasteiger partial charge is 0.243 e. The summed E-state index contributed by atoms with van der Waals surface area (Å²) in [6, 6.07) is 18.3. The van der Waals surface area contributed by atoms with E-state index in [1.54, 1.807) is 45.5 Å². The van der Waals surface area contributed by atoms with Crippen molar-refractivity contribution in [2.45, 2.75) is 24.2 Å². The van der Waals surface area contributed by atoms with Crippen molar-refractivity contribution in [3.8, 4) is 5.69 Å². The Labute approximate surface area is 182 Å². The Balaban J connectivity index is 1.24. The van der Waals surface area contributed by atoms with Crippen molar-refractivity contribution in [1.82, 2.24) is 19.4 Å². The van der Waals surface area contributed by atoms with Gasteiger partial charge in [0.05, 0.1) is 23.2 Å². The van der Waals surface area contributed by atoms with Gasteiger partial charge in [-0.3, -0.25) is 4.79 Å². The van der Waals surface area contributed by atoms with Crippen LogP contribution in [0.3, 0.4) is 0 Å². The molecule has 1 aliphatic heterocycles. The molecule has 1 N–H and O–H groups in total. The Morgan fingerprint density at radius 3 is 2.32 bits per heavy atom. The second-order valence-corrected chi connectivity index (χ2v) is 9.71. The molecule has 0 saturated carbocycles. The number of carbonyl (C=O) groups is 1. The first kappa shape index (κ1) is 21.3. The fraction of sp³-hybridized carbons (Fsp3) is 0.304. The maximum Gasteiger partial charge on any atom is 0.243 e. The second-order valence-electron chi connectivity index (χ2n) is 7.77. The number of para-hydroxylation sites is 1. The topological polar surface area (TPSA) is 84.3 Å². The number of rotatable bonds is 7. The fourth-order valence-corrected chi connectivity index (χ4v) is 5.27. The molecule has 0 radical (unpaired) electrons. The third-order valence-electron chi connectivity index (χ3n) is 5.56. The Morgan fingerprint density at radius 1 is 1.00 bits per heavy atom. The van der Waals surface area contributed by atoms with E-state index in [1.807, 2.05) is 36.5 Å². The molecule has 2 heterocycles. The van der Waals surface area contributed by atoms with Gasteiger partial charge in [-0.2, -0.15) is 9.40 Å². The van der Waals surface area contributed by atoms with Crippen LogP contribution >= 0.6 is 0 Å². The van der Waals surface area contributed by atoms with Crippen molar-refractivity contribution in [2.75, 3.05) is 19.6 Å². The molecule has 4 rings (SSSR count). The summed E-state index contributed by atoms with van der Waals surface area (Å²) >= 11 is 0. The molecule has 31 heavy (non-hydrogen) atoms. The summed E-state index contributed by atoms with van der Waals surface area (Å²) in [5.41, 5.74) is 1.80. The van der Waals surface area contributed by atoms with Crippen LogP contribution in [-0.4, -0.2) is 48.0 Å². The van der Waals surface area contributed by atoms with Crippen LogP contribution < -0.4 is 5.32 Å². The van der Waals surface area contributed by atoms with Crippen LogP contribution in [0.2, 0.25) is 0 Å². The molecule has 0 unspecified atom stereocenters. The quantitative estimate of drug-likeness (QED) is 0.615. The van der Waals surface area contributed by atoms with Crippen molar-refractivity contribution in [2.24, 2.45) is 5.92 Å². The number of hydrogen-bond acceptors (Lipinski definition) is 4. The Morgan fingerprint density at radius 2 is 1.65 bits per heavy atom. The summed E-state index contributed by atoms with van der Waals surface area (Å²) < 4.78 is 28.7. The lowest BCUT2D eigenvalue weighted by Crippen LogP contribution is -2.41. The molecule has 0 spiro atoms. The molecule has 0 atom stereocenters. The third kappa shape index (κ3) is 5.21. The number of benzene rings is 2. The number of aromatic nitrogens is 2. The Hall–Kier alpha value is -2.97. The Kier molecular flexibility index (Phi) is 6.48. The molecular weight excluding hydrogens is 412 g/mol. The van der Waals surface area contributed by atoms with Crippen LogP contribution in [0.1, 0.15) is 18.4 Å². The number of amides is 1. The van der Waals surface area contributed by atoms with Crippen molar-refractivity contribution >= 4 is 15.9 Å². The minimum atomic E-state index is -3.44. The first-order valence-electron chi connectivity index (χ1n) is 10.4. The molecule has 1 amide bonds. The molecule has 0 bridgehead atoms. The normalized spacial score (nSPS) is 15.6. The van der Waals surface area contributed by atoms with E-state index < -0.39 is 10.0 Å². The van der Waals surface area contributed by atoms with E-state index in [9.17, 15) is 13.2 Å². The minimum absolute atomic E-state index is 0.0491. The molecule has 1 saturated heterocycles. The van der Waals surface area contributed by atoms with Gasteiger partial charge in [0, 0.05) is 25.8 Å². The largest absolute Gasteiger partial charge is 0.356 e. The lowest BCUT2D eigenvalue weighted by Gasteiger charge is -2.31. The highest BCUT2D eigenvalue weighted by atomic mass is 32.2. The van der Waals surface area contributed by atoms with Crippen LogP contribution in [0.25, 0.3) is 5.69 Å². The number of piperidine rings is 1. The van der Waals surface area contributed by atoms with E-state index in [0.717, 1.165) is 24.1 Å². The molecule has 1 aliphatic rings. The molecular formula is C23H26N4O3S. The predicted molar refractivity (Wildman–Crippen MR) is 118 cm³/mol. The summed E-state index contributed by atoms with van der Waals surface area (Å²) in [4.78, 5) is 12.7.